The third-order valence-electron chi connectivity index (χ3n) is 13.1. The van der Waals surface area contributed by atoms with E-state index in [0.717, 1.165) is 24.0 Å². The summed E-state index contributed by atoms with van der Waals surface area (Å²) in [4.78, 5) is 128. The van der Waals surface area contributed by atoms with Gasteiger partial charge < -0.3 is 66.3 Å². The zero-order valence-electron chi connectivity index (χ0n) is 43.0. The maximum atomic E-state index is 15.2. The number of esters is 2. The van der Waals surface area contributed by atoms with Crippen LogP contribution >= 0.6 is 11.6 Å². The molecular formula is C51H70ClN7O15. The average Bonchev–Trinajstić information content (AvgIpc) is 3.37. The van der Waals surface area contributed by atoms with Gasteiger partial charge in [0.2, 0.25) is 41.4 Å². The van der Waals surface area contributed by atoms with E-state index in [0.29, 0.717) is 5.56 Å². The number of aliphatic hydroxyl groups excluding tert-OH is 2. The Bertz CT molecular complexity index is 2360. The summed E-state index contributed by atoms with van der Waals surface area (Å²) < 4.78 is 17.0. The van der Waals surface area contributed by atoms with Gasteiger partial charge in [0.05, 0.1) is 24.0 Å². The highest BCUT2D eigenvalue weighted by atomic mass is 35.5. The summed E-state index contributed by atoms with van der Waals surface area (Å²) >= 11 is 6.17. The van der Waals surface area contributed by atoms with Crippen LogP contribution in [0.3, 0.4) is 0 Å². The Morgan fingerprint density at radius 2 is 1.46 bits per heavy atom. The first-order valence-electron chi connectivity index (χ1n) is 24.4. The molecule has 7 amide bonds. The molecule has 3 aliphatic heterocycles. The van der Waals surface area contributed by atoms with Gasteiger partial charge in [-0.1, -0.05) is 83.5 Å². The van der Waals surface area contributed by atoms with Crippen LogP contribution in [0.4, 0.5) is 0 Å². The number of amides is 7. The molecule has 1 saturated heterocycles. The number of rotatable bonds is 10. The molecule has 5 rings (SSSR count). The number of hydrogen-bond donors (Lipinski definition) is 9. The number of ether oxygens (including phenoxy) is 3. The van der Waals surface area contributed by atoms with E-state index in [1.807, 2.05) is 0 Å². The van der Waals surface area contributed by atoms with Crippen LogP contribution in [0.15, 0.2) is 66.7 Å². The Labute approximate surface area is 435 Å². The number of alkyl halides is 1. The van der Waals surface area contributed by atoms with Crippen LogP contribution in [0, 0.1) is 17.8 Å². The first kappa shape index (κ1) is 59.9. The summed E-state index contributed by atoms with van der Waals surface area (Å²) in [6, 6.07) is 4.00. The van der Waals surface area contributed by atoms with Crippen LogP contribution in [0.2, 0.25) is 0 Å². The number of carbonyl (C=O) groups is 9. The predicted octanol–water partition coefficient (Wildman–Crippen LogP) is -0.156. The molecule has 406 valence electrons. The molecule has 0 saturated carbocycles. The number of carbonyl (C=O) groups excluding carboxylic acids is 9. The summed E-state index contributed by atoms with van der Waals surface area (Å²) in [7, 11) is 1.29. The fourth-order valence-electron chi connectivity index (χ4n) is 7.90. The lowest BCUT2D eigenvalue weighted by Crippen LogP contribution is -2.61. The highest BCUT2D eigenvalue weighted by Crippen LogP contribution is 2.26. The standard InChI is InChI=1S/C51H70ClN7O15/c1-10-27(4)39-46(66)58-42-33-16-18-34(19-17-33)74-31(8)51(71,25-52)21-20-37(61)53-23-38(62)72-24-35(50(70)73-30(7)41(48(68)55-39)57-44(64)28(5)43(63)26(2)3)54-47(67)40(29(6)60)56-45(65)36(59(9)49(42)69)22-32-14-12-11-13-15-32/h11-21,26-31,35-36,39-43,60,63,71H,10,22-25H2,1-9H3,(H,53,61)(H,54,67)(H,55,68)(H,56,65)(H,57,64)(H,58,66). The number of nitrogens with one attached hydrogen (secondary N) is 6. The second-order valence-corrected chi connectivity index (χ2v) is 19.4. The second kappa shape index (κ2) is 27.1. The molecule has 4 bridgehead atoms. The zero-order valence-corrected chi connectivity index (χ0v) is 43.7. The maximum Gasteiger partial charge on any atom is 0.332 e. The molecule has 74 heavy (non-hydrogen) atoms. The van der Waals surface area contributed by atoms with Crippen molar-refractivity contribution in [3.63, 3.8) is 0 Å². The molecule has 0 spiro atoms. The number of likely N-dealkylation sites (N-methyl/N-ethyl adjacent to an activating group) is 1. The van der Waals surface area contributed by atoms with Crippen molar-refractivity contribution in [1.29, 1.82) is 0 Å². The molecule has 3 aliphatic rings. The maximum absolute atomic E-state index is 15.2. The van der Waals surface area contributed by atoms with Gasteiger partial charge in [-0.3, -0.25) is 38.4 Å². The monoisotopic (exact) mass is 1060 g/mol. The van der Waals surface area contributed by atoms with Crippen molar-refractivity contribution < 1.29 is 72.7 Å². The van der Waals surface area contributed by atoms with Crippen molar-refractivity contribution >= 4 is 64.9 Å². The number of aliphatic hydroxyl groups is 3. The van der Waals surface area contributed by atoms with E-state index in [-0.39, 0.29) is 24.2 Å². The lowest BCUT2D eigenvalue weighted by molar-refractivity contribution is -0.160. The molecule has 22 nitrogen and oxygen atoms in total. The van der Waals surface area contributed by atoms with Crippen LogP contribution in [-0.4, -0.2) is 160 Å². The molecule has 0 aromatic heterocycles. The summed E-state index contributed by atoms with van der Waals surface area (Å²) in [5.74, 6) is -11.8. The first-order valence-corrected chi connectivity index (χ1v) is 24.9. The van der Waals surface area contributed by atoms with Crippen LogP contribution in [-0.2, 0) is 59.0 Å². The highest BCUT2D eigenvalue weighted by molar-refractivity contribution is 6.18. The molecule has 0 radical (unpaired) electrons. The first-order chi connectivity index (χ1) is 34.8. The second-order valence-electron chi connectivity index (χ2n) is 19.1. The Kier molecular flexibility index (Phi) is 21.9. The van der Waals surface area contributed by atoms with Gasteiger partial charge in [-0.15, -0.1) is 11.6 Å². The van der Waals surface area contributed by atoms with Crippen LogP contribution in [0.5, 0.6) is 5.75 Å². The molecule has 13 unspecified atom stereocenters. The molecule has 13 atom stereocenters. The fraction of sp³-hybridized carbons (Fsp3) is 0.549. The lowest BCUT2D eigenvalue weighted by Gasteiger charge is -2.34. The number of benzene rings is 2. The minimum atomic E-state index is -1.98. The molecule has 0 aliphatic carbocycles. The number of halogens is 1. The number of hydrogen-bond acceptors (Lipinski definition) is 15. The normalized spacial score (nSPS) is 28.1. The van der Waals surface area contributed by atoms with Gasteiger partial charge in [0.15, 0.2) is 6.04 Å². The molecule has 23 heteroatoms. The van der Waals surface area contributed by atoms with Crippen molar-refractivity contribution in [2.75, 3.05) is 26.1 Å². The van der Waals surface area contributed by atoms with Crippen LogP contribution in [0.25, 0.3) is 0 Å². The van der Waals surface area contributed by atoms with Crippen molar-refractivity contribution in [2.24, 2.45) is 17.8 Å². The van der Waals surface area contributed by atoms with E-state index >= 15 is 4.79 Å². The van der Waals surface area contributed by atoms with Gasteiger partial charge in [-0.05, 0) is 61.9 Å². The average molecular weight is 1060 g/mol. The summed E-state index contributed by atoms with van der Waals surface area (Å²) in [5, 5.41) is 48.3. The van der Waals surface area contributed by atoms with E-state index < -0.39 is 156 Å². The van der Waals surface area contributed by atoms with E-state index in [1.54, 1.807) is 58.0 Å². The van der Waals surface area contributed by atoms with Gasteiger partial charge >= 0.3 is 11.9 Å². The summed E-state index contributed by atoms with van der Waals surface area (Å²) in [6.07, 6.45) is -3.61. The van der Waals surface area contributed by atoms with E-state index in [4.69, 9.17) is 25.8 Å². The SMILES string of the molecule is CCC(C)C1NC(=O)C(NC(=O)C(C)C(O)C(C)C)C(C)OC(=O)C2COC(=O)CNC(=O)C=CC(O)(CCl)C(C)Oc3ccc(cc3)C(NC1=O)C(=O)N(C)C(Cc1ccccc1)C(=O)NC(C(C)O)C(=O)N2. The topological polar surface area (TPSA) is 317 Å². The quantitative estimate of drug-likeness (QED) is 0.110. The van der Waals surface area contributed by atoms with Crippen LogP contribution < -0.4 is 36.6 Å². The molecule has 2 aromatic carbocycles. The number of cyclic esters (lactones) is 1. The van der Waals surface area contributed by atoms with Gasteiger partial charge in [0.1, 0.15) is 66.9 Å². The van der Waals surface area contributed by atoms with Crippen LogP contribution in [0.1, 0.15) is 79.0 Å². The van der Waals surface area contributed by atoms with Crippen molar-refractivity contribution in [3.05, 3.63) is 77.9 Å². The summed E-state index contributed by atoms with van der Waals surface area (Å²) in [6.45, 7) is 10.2. The lowest BCUT2D eigenvalue weighted by atomic mass is 9.93. The smallest absolute Gasteiger partial charge is 0.332 e. The Morgan fingerprint density at radius 3 is 2.05 bits per heavy atom. The Balaban J connectivity index is 2.03. The minimum Gasteiger partial charge on any atom is -0.487 e. The molecule has 3 heterocycles. The Hall–Kier alpha value is -6.62. The number of fused-ring (bicyclic) bond motifs is 11. The highest BCUT2D eigenvalue weighted by Gasteiger charge is 2.42. The van der Waals surface area contributed by atoms with Gasteiger partial charge in [0.25, 0.3) is 0 Å². The largest absolute Gasteiger partial charge is 0.487 e. The van der Waals surface area contributed by atoms with E-state index in [1.165, 1.54) is 52.1 Å². The van der Waals surface area contributed by atoms with E-state index in [9.17, 15) is 53.7 Å². The third kappa shape index (κ3) is 15.9. The molecular weight excluding hydrogens is 986 g/mol. The van der Waals surface area contributed by atoms with Gasteiger partial charge in [-0.2, -0.15) is 0 Å². The van der Waals surface area contributed by atoms with E-state index in [2.05, 4.69) is 31.9 Å². The zero-order chi connectivity index (χ0) is 55.2. The third-order valence-corrected chi connectivity index (χ3v) is 13.6. The Morgan fingerprint density at radius 1 is 0.838 bits per heavy atom. The number of nitrogens with zero attached hydrogens (tertiary/aromatic N) is 1. The molecule has 9 N–H and O–H groups in total. The van der Waals surface area contributed by atoms with Crippen molar-refractivity contribution in [2.45, 2.75) is 134 Å². The minimum absolute atomic E-state index is 0.133. The van der Waals surface area contributed by atoms with Gasteiger partial charge in [-0.25, -0.2) is 4.79 Å². The molecule has 2 aromatic rings. The predicted molar refractivity (Wildman–Crippen MR) is 267 cm³/mol. The molecule has 1 fully saturated rings. The van der Waals surface area contributed by atoms with Crippen molar-refractivity contribution in [1.82, 2.24) is 36.8 Å². The fourth-order valence-corrected chi connectivity index (χ4v) is 8.20. The van der Waals surface area contributed by atoms with Gasteiger partial charge in [0, 0.05) is 19.5 Å². The van der Waals surface area contributed by atoms with Crippen molar-refractivity contribution in [3.8, 4) is 5.75 Å². The summed E-state index contributed by atoms with van der Waals surface area (Å²) in [5.41, 5.74) is -1.28.